The maximum Gasteiger partial charge on any atom is 0.242 e. The molecule has 1 atom stereocenters. The van der Waals surface area contributed by atoms with Crippen LogP contribution in [0.3, 0.4) is 0 Å². The van der Waals surface area contributed by atoms with Gasteiger partial charge in [-0.3, -0.25) is 9.59 Å². The third-order valence-corrected chi connectivity index (χ3v) is 3.22. The Hall–Kier alpha value is -1.10. The molecule has 0 bridgehead atoms. The van der Waals surface area contributed by atoms with Crippen molar-refractivity contribution in [1.82, 2.24) is 10.2 Å². The zero-order valence-corrected chi connectivity index (χ0v) is 10.6. The van der Waals surface area contributed by atoms with E-state index in [1.165, 1.54) is 0 Å². The second-order valence-electron chi connectivity index (χ2n) is 4.46. The molecule has 3 N–H and O–H groups in total. The summed E-state index contributed by atoms with van der Waals surface area (Å²) in [4.78, 5) is 25.4. The van der Waals surface area contributed by atoms with Gasteiger partial charge in [0, 0.05) is 20.0 Å². The molecule has 5 heteroatoms. The predicted octanol–water partition coefficient (Wildman–Crippen LogP) is 0.243. The molecule has 98 valence electrons. The smallest absolute Gasteiger partial charge is 0.242 e. The van der Waals surface area contributed by atoms with Crippen LogP contribution in [0.1, 0.15) is 38.5 Å². The Morgan fingerprint density at radius 1 is 1.35 bits per heavy atom. The monoisotopic (exact) mass is 241 g/mol. The quantitative estimate of drug-likeness (QED) is 0.677. The molecule has 1 aliphatic rings. The molecule has 0 aliphatic carbocycles. The Labute approximate surface area is 103 Å². The minimum atomic E-state index is -0.265. The first kappa shape index (κ1) is 14.0. The minimum Gasteiger partial charge on any atom is -0.357 e. The van der Waals surface area contributed by atoms with Crippen LogP contribution in [-0.2, 0) is 9.59 Å². The lowest BCUT2D eigenvalue weighted by Gasteiger charge is -2.34. The molecule has 5 nitrogen and oxygen atoms in total. The molecule has 0 aromatic rings. The van der Waals surface area contributed by atoms with Gasteiger partial charge in [-0.15, -0.1) is 0 Å². The van der Waals surface area contributed by atoms with Crippen molar-refractivity contribution in [1.29, 1.82) is 0 Å². The molecule has 1 unspecified atom stereocenters. The number of nitrogens with two attached hydrogens (primary N) is 1. The third kappa shape index (κ3) is 4.00. The van der Waals surface area contributed by atoms with Crippen molar-refractivity contribution in [3.8, 4) is 0 Å². The lowest BCUT2D eigenvalue weighted by atomic mass is 10.0. The topological polar surface area (TPSA) is 75.4 Å². The van der Waals surface area contributed by atoms with Crippen molar-refractivity contribution in [3.63, 3.8) is 0 Å². The lowest BCUT2D eigenvalue weighted by molar-refractivity contribution is -0.142. The highest BCUT2D eigenvalue weighted by molar-refractivity contribution is 5.87. The van der Waals surface area contributed by atoms with E-state index in [9.17, 15) is 9.59 Å². The van der Waals surface area contributed by atoms with Crippen LogP contribution in [0.15, 0.2) is 0 Å². The molecular formula is C12H23N3O2. The maximum absolute atomic E-state index is 12.0. The Balaban J connectivity index is 2.52. The number of rotatable bonds is 5. The molecule has 0 aromatic carbocycles. The lowest BCUT2D eigenvalue weighted by Crippen LogP contribution is -2.51. The number of piperidine rings is 1. The fraction of sp³-hybridized carbons (Fsp3) is 0.833. The van der Waals surface area contributed by atoms with Gasteiger partial charge in [0.2, 0.25) is 11.8 Å². The summed E-state index contributed by atoms with van der Waals surface area (Å²) >= 11 is 0. The molecule has 0 aromatic heterocycles. The molecule has 1 fully saturated rings. The van der Waals surface area contributed by atoms with E-state index in [0.29, 0.717) is 19.5 Å². The summed E-state index contributed by atoms with van der Waals surface area (Å²) < 4.78 is 0. The predicted molar refractivity (Wildman–Crippen MR) is 66.3 cm³/mol. The summed E-state index contributed by atoms with van der Waals surface area (Å²) in [5, 5.41) is 2.63. The van der Waals surface area contributed by atoms with Crippen molar-refractivity contribution in [2.75, 3.05) is 20.1 Å². The van der Waals surface area contributed by atoms with Gasteiger partial charge < -0.3 is 16.0 Å². The second-order valence-corrected chi connectivity index (χ2v) is 4.46. The molecule has 0 spiro atoms. The fourth-order valence-electron chi connectivity index (χ4n) is 2.23. The van der Waals surface area contributed by atoms with E-state index in [-0.39, 0.29) is 17.9 Å². The number of hydrogen-bond donors (Lipinski definition) is 2. The molecule has 1 saturated heterocycles. The minimum absolute atomic E-state index is 0.0446. The van der Waals surface area contributed by atoms with Crippen molar-refractivity contribution < 1.29 is 9.59 Å². The van der Waals surface area contributed by atoms with Crippen molar-refractivity contribution in [2.45, 2.75) is 44.6 Å². The summed E-state index contributed by atoms with van der Waals surface area (Å²) in [6.07, 6.45) is 4.98. The van der Waals surface area contributed by atoms with Gasteiger partial charge >= 0.3 is 0 Å². The molecule has 0 radical (unpaired) electrons. The van der Waals surface area contributed by atoms with E-state index in [1.807, 2.05) is 0 Å². The summed E-state index contributed by atoms with van der Waals surface area (Å²) in [5.41, 5.74) is 5.40. The first-order valence-corrected chi connectivity index (χ1v) is 6.42. The number of unbranched alkanes of at least 4 members (excludes halogenated alkanes) is 1. The number of carbonyl (C=O) groups is 2. The Bertz CT molecular complexity index is 268. The molecule has 1 heterocycles. The summed E-state index contributed by atoms with van der Waals surface area (Å²) in [5.74, 6) is 0.0450. The number of amides is 2. The number of likely N-dealkylation sites (N-methyl/N-ethyl adjacent to an activating group) is 1. The van der Waals surface area contributed by atoms with Gasteiger partial charge in [0.25, 0.3) is 0 Å². The van der Waals surface area contributed by atoms with Crippen molar-refractivity contribution >= 4 is 11.8 Å². The largest absolute Gasteiger partial charge is 0.357 e. The van der Waals surface area contributed by atoms with Gasteiger partial charge in [-0.25, -0.2) is 0 Å². The number of nitrogens with one attached hydrogen (secondary N) is 1. The second kappa shape index (κ2) is 7.27. The summed E-state index contributed by atoms with van der Waals surface area (Å²) in [6.45, 7) is 1.33. The average molecular weight is 241 g/mol. The van der Waals surface area contributed by atoms with E-state index < -0.39 is 0 Å². The SMILES string of the molecule is CNC(=O)C1CCCCN1C(=O)CCCCN. The first-order valence-electron chi connectivity index (χ1n) is 6.42. The first-order chi connectivity index (χ1) is 8.20. The number of likely N-dealkylation sites (tertiary alicyclic amines) is 1. The van der Waals surface area contributed by atoms with Crippen molar-refractivity contribution in [3.05, 3.63) is 0 Å². The Kier molecular flexibility index (Phi) is 5.97. The van der Waals surface area contributed by atoms with E-state index in [4.69, 9.17) is 5.73 Å². The zero-order valence-electron chi connectivity index (χ0n) is 10.6. The normalized spacial score (nSPS) is 20.1. The van der Waals surface area contributed by atoms with Gasteiger partial charge in [0.15, 0.2) is 0 Å². The van der Waals surface area contributed by atoms with Crippen LogP contribution >= 0.6 is 0 Å². The molecule has 1 rings (SSSR count). The highest BCUT2D eigenvalue weighted by Crippen LogP contribution is 2.18. The summed E-state index contributed by atoms with van der Waals surface area (Å²) in [7, 11) is 1.62. The number of carbonyl (C=O) groups excluding carboxylic acids is 2. The van der Waals surface area contributed by atoms with E-state index >= 15 is 0 Å². The fourth-order valence-corrected chi connectivity index (χ4v) is 2.23. The number of nitrogens with zero attached hydrogens (tertiary/aromatic N) is 1. The molecule has 2 amide bonds. The van der Waals surface area contributed by atoms with Crippen LogP contribution < -0.4 is 11.1 Å². The van der Waals surface area contributed by atoms with Crippen LogP contribution in [0.25, 0.3) is 0 Å². The maximum atomic E-state index is 12.0. The Morgan fingerprint density at radius 2 is 2.12 bits per heavy atom. The van der Waals surface area contributed by atoms with Gasteiger partial charge in [0.1, 0.15) is 6.04 Å². The van der Waals surface area contributed by atoms with Gasteiger partial charge in [-0.2, -0.15) is 0 Å². The highest BCUT2D eigenvalue weighted by atomic mass is 16.2. The Morgan fingerprint density at radius 3 is 2.76 bits per heavy atom. The van der Waals surface area contributed by atoms with Gasteiger partial charge in [-0.05, 0) is 38.6 Å². The zero-order chi connectivity index (χ0) is 12.7. The van der Waals surface area contributed by atoms with Crippen LogP contribution in [0.4, 0.5) is 0 Å². The van der Waals surface area contributed by atoms with Crippen LogP contribution in [0.2, 0.25) is 0 Å². The average Bonchev–Trinajstić information content (AvgIpc) is 2.38. The summed E-state index contributed by atoms with van der Waals surface area (Å²) in [6, 6.07) is -0.265. The number of hydrogen-bond acceptors (Lipinski definition) is 3. The molecule has 1 aliphatic heterocycles. The van der Waals surface area contributed by atoms with E-state index in [0.717, 1.165) is 32.1 Å². The van der Waals surface area contributed by atoms with Crippen LogP contribution in [-0.4, -0.2) is 42.9 Å². The molecule has 0 saturated carbocycles. The molecule has 17 heavy (non-hydrogen) atoms. The van der Waals surface area contributed by atoms with Gasteiger partial charge in [-0.1, -0.05) is 0 Å². The third-order valence-electron chi connectivity index (χ3n) is 3.22. The molecular weight excluding hydrogens is 218 g/mol. The van der Waals surface area contributed by atoms with Crippen LogP contribution in [0.5, 0.6) is 0 Å². The van der Waals surface area contributed by atoms with E-state index in [2.05, 4.69) is 5.32 Å². The highest BCUT2D eigenvalue weighted by Gasteiger charge is 2.30. The standard InChI is InChI=1S/C12H23N3O2/c1-14-12(17)10-6-3-5-9-15(10)11(16)7-2-4-8-13/h10H,2-9,13H2,1H3,(H,14,17). The van der Waals surface area contributed by atoms with E-state index in [1.54, 1.807) is 11.9 Å². The van der Waals surface area contributed by atoms with Gasteiger partial charge in [0.05, 0.1) is 0 Å². The van der Waals surface area contributed by atoms with Crippen molar-refractivity contribution in [2.24, 2.45) is 5.73 Å². The van der Waals surface area contributed by atoms with Crippen LogP contribution in [0, 0.1) is 0 Å².